The number of rotatable bonds is 35. The Bertz CT molecular complexity index is 2620. The van der Waals surface area contributed by atoms with Gasteiger partial charge in [-0.05, 0) is 79.4 Å². The predicted molar refractivity (Wildman–Crippen MR) is 309 cm³/mol. The molecule has 3 rings (SSSR count). The fraction of sp³-hybridized carbons (Fsp3) is 0.593. The van der Waals surface area contributed by atoms with Gasteiger partial charge in [-0.3, -0.25) is 43.2 Å². The van der Waals surface area contributed by atoms with E-state index in [1.165, 1.54) is 6.92 Å². The first-order valence-corrected chi connectivity index (χ1v) is 28.5. The number of aromatic amines is 1. The van der Waals surface area contributed by atoms with Crippen LogP contribution in [0.4, 0.5) is 0 Å². The Hall–Kier alpha value is -7.40. The molecule has 0 fully saturated rings. The Kier molecular flexibility index (Phi) is 28.1. The van der Waals surface area contributed by atoms with E-state index in [2.05, 4.69) is 47.5 Å². The minimum Gasteiger partial charge on any atom is -0.481 e. The first-order valence-electron chi connectivity index (χ1n) is 28.5. The summed E-state index contributed by atoms with van der Waals surface area (Å²) in [6, 6.07) is 3.57. The number of amides is 8. The van der Waals surface area contributed by atoms with Crippen molar-refractivity contribution in [2.75, 3.05) is 0 Å². The number of hydrogen-bond donors (Lipinski definition) is 13. The molecule has 23 nitrogen and oxygen atoms in total. The standard InChI is InChI=1S/C59H90N10O13/c1-12-34(9)48(60)56(78)65-43(26-32(5)6)53(75)63-42(25-31(3)4)52(74)64-45(29-38-30-61-40-22-18-17-21-39(38)40)54(76)62-41(23-24-47(71)72)51(73)68-49(35(10)13-2)57(79)66-44(28-37-19-15-14-16-20-37)55(77)69-50(36(11)70)58(80)67-46(59(81)82)27-33(7)8/h14-22,30-36,41-46,48-50,61,70H,12-13,23-29,60H2,1-11H3,(H,62,76)(H,63,75)(H,64,74)(H,65,78)(H,66,79)(H,67,80)(H,68,73)(H,69,77)(H,71,72)(H,81,82)/t34-,35-,36+,41-,42-,43-,44-,45-,46-,48-,49-,50-/m0/s1. The smallest absolute Gasteiger partial charge is 0.326 e. The molecule has 0 bridgehead atoms. The molecule has 0 unspecified atom stereocenters. The molecule has 23 heteroatoms. The summed E-state index contributed by atoms with van der Waals surface area (Å²) in [7, 11) is 0. The highest BCUT2D eigenvalue weighted by Gasteiger charge is 2.38. The largest absolute Gasteiger partial charge is 0.481 e. The number of carboxylic acids is 2. The molecule has 0 aliphatic rings. The van der Waals surface area contributed by atoms with Crippen molar-refractivity contribution in [3.05, 3.63) is 71.9 Å². The third-order valence-corrected chi connectivity index (χ3v) is 14.3. The van der Waals surface area contributed by atoms with Gasteiger partial charge >= 0.3 is 11.9 Å². The maximum atomic E-state index is 14.8. The van der Waals surface area contributed by atoms with Crippen LogP contribution in [0.2, 0.25) is 0 Å². The first-order chi connectivity index (χ1) is 38.6. The molecular weight excluding hydrogens is 1060 g/mol. The van der Waals surface area contributed by atoms with Gasteiger partial charge in [0.1, 0.15) is 48.3 Å². The van der Waals surface area contributed by atoms with E-state index in [1.807, 2.05) is 47.6 Å². The molecular formula is C59H90N10O13. The lowest BCUT2D eigenvalue weighted by Crippen LogP contribution is -2.62. The molecule has 3 aromatic rings. The number of fused-ring (bicyclic) bond motifs is 1. The molecule has 0 saturated heterocycles. The Morgan fingerprint density at radius 1 is 0.488 bits per heavy atom. The quantitative estimate of drug-likeness (QED) is 0.0403. The zero-order valence-corrected chi connectivity index (χ0v) is 49.3. The van der Waals surface area contributed by atoms with E-state index >= 15 is 0 Å². The molecule has 14 N–H and O–H groups in total. The van der Waals surface area contributed by atoms with E-state index in [0.717, 1.165) is 5.52 Å². The van der Waals surface area contributed by atoms with Crippen molar-refractivity contribution in [1.82, 2.24) is 47.5 Å². The van der Waals surface area contributed by atoms with Crippen LogP contribution >= 0.6 is 0 Å². The minimum absolute atomic E-state index is 0.0539. The fourth-order valence-electron chi connectivity index (χ4n) is 9.16. The topological polar surface area (TPSA) is 369 Å². The van der Waals surface area contributed by atoms with Gasteiger partial charge in [0.25, 0.3) is 0 Å². The summed E-state index contributed by atoms with van der Waals surface area (Å²) in [4.78, 5) is 141. The second-order valence-corrected chi connectivity index (χ2v) is 22.8. The molecule has 2 aromatic carbocycles. The van der Waals surface area contributed by atoms with E-state index in [4.69, 9.17) is 5.73 Å². The van der Waals surface area contributed by atoms with Gasteiger partial charge in [-0.1, -0.05) is 131 Å². The number of H-pyrrole nitrogens is 1. The van der Waals surface area contributed by atoms with E-state index in [-0.39, 0.29) is 62.2 Å². The second kappa shape index (κ2) is 33.5. The summed E-state index contributed by atoms with van der Waals surface area (Å²) in [5.74, 6) is -10.5. The summed E-state index contributed by atoms with van der Waals surface area (Å²) < 4.78 is 0. The van der Waals surface area contributed by atoms with Crippen molar-refractivity contribution in [2.45, 2.75) is 194 Å². The molecule has 1 heterocycles. The zero-order valence-electron chi connectivity index (χ0n) is 49.3. The zero-order chi connectivity index (χ0) is 61.5. The number of nitrogens with one attached hydrogen (secondary N) is 9. The van der Waals surface area contributed by atoms with Crippen LogP contribution in [0.15, 0.2) is 60.8 Å². The molecule has 8 amide bonds. The SMILES string of the molecule is CC[C@H](C)[C@H](N)C(=O)N[C@@H](CC(C)C)C(=O)N[C@@H](CC(C)C)C(=O)N[C@@H](Cc1c[nH]c2ccccc12)C(=O)N[C@@H](CCC(=O)O)C(=O)N[C@H](C(=O)N[C@@H](Cc1ccccc1)C(=O)N[C@H](C(=O)N[C@@H](CC(C)C)C(=O)O)[C@@H](C)O)[C@@H](C)CC. The van der Waals surface area contributed by atoms with Crippen molar-refractivity contribution in [2.24, 2.45) is 35.3 Å². The monoisotopic (exact) mass is 1150 g/mol. The molecule has 0 aliphatic heterocycles. The van der Waals surface area contributed by atoms with Crippen molar-refractivity contribution < 1.29 is 63.3 Å². The summed E-state index contributed by atoms with van der Waals surface area (Å²) in [5.41, 5.74) is 8.10. The Morgan fingerprint density at radius 3 is 1.45 bits per heavy atom. The maximum absolute atomic E-state index is 14.8. The molecule has 0 spiro atoms. The number of para-hydroxylation sites is 1. The molecule has 1 aromatic heterocycles. The number of nitrogens with two attached hydrogens (primary N) is 1. The molecule has 0 radical (unpaired) electrons. The van der Waals surface area contributed by atoms with Crippen LogP contribution in [-0.4, -0.2) is 140 Å². The van der Waals surface area contributed by atoms with E-state index in [1.54, 1.807) is 82.4 Å². The van der Waals surface area contributed by atoms with Gasteiger partial charge in [0.15, 0.2) is 0 Å². The highest BCUT2D eigenvalue weighted by molar-refractivity contribution is 5.99. The van der Waals surface area contributed by atoms with Crippen molar-refractivity contribution >= 4 is 70.1 Å². The number of carboxylic acid groups (broad SMARTS) is 2. The summed E-state index contributed by atoms with van der Waals surface area (Å²) in [6.45, 7) is 19.3. The van der Waals surface area contributed by atoms with Gasteiger partial charge in [-0.25, -0.2) is 4.79 Å². The maximum Gasteiger partial charge on any atom is 0.326 e. The Labute approximate surface area is 481 Å². The normalized spacial score (nSPS) is 15.9. The number of benzene rings is 2. The molecule has 12 atom stereocenters. The molecule has 454 valence electrons. The lowest BCUT2D eigenvalue weighted by Gasteiger charge is -2.30. The first kappa shape index (κ1) is 68.9. The lowest BCUT2D eigenvalue weighted by atomic mass is 9.96. The van der Waals surface area contributed by atoms with E-state index in [9.17, 15) is 63.3 Å². The molecule has 0 aliphatic carbocycles. The average molecular weight is 1150 g/mol. The molecule has 0 saturated carbocycles. The van der Waals surface area contributed by atoms with Crippen molar-refractivity contribution in [1.29, 1.82) is 0 Å². The van der Waals surface area contributed by atoms with Crippen LogP contribution in [0, 0.1) is 29.6 Å². The van der Waals surface area contributed by atoms with Gasteiger partial charge in [-0.2, -0.15) is 0 Å². The summed E-state index contributed by atoms with van der Waals surface area (Å²) in [6.07, 6.45) is 0.00164. The van der Waals surface area contributed by atoms with Crippen LogP contribution in [-0.2, 0) is 60.8 Å². The van der Waals surface area contributed by atoms with Gasteiger partial charge in [-0.15, -0.1) is 0 Å². The number of aliphatic hydroxyl groups excluding tert-OH is 1. The number of aliphatic carboxylic acids is 2. The number of hydrogen-bond acceptors (Lipinski definition) is 12. The van der Waals surface area contributed by atoms with Crippen LogP contribution in [0.5, 0.6) is 0 Å². The number of carbonyl (C=O) groups is 10. The highest BCUT2D eigenvalue weighted by atomic mass is 16.4. The van der Waals surface area contributed by atoms with Crippen LogP contribution in [0.25, 0.3) is 10.9 Å². The van der Waals surface area contributed by atoms with Gasteiger partial charge in [0.05, 0.1) is 12.1 Å². The van der Waals surface area contributed by atoms with Crippen molar-refractivity contribution in [3.8, 4) is 0 Å². The van der Waals surface area contributed by atoms with Gasteiger partial charge in [0, 0.05) is 36.4 Å². The van der Waals surface area contributed by atoms with Crippen molar-refractivity contribution in [3.63, 3.8) is 0 Å². The summed E-state index contributed by atoms with van der Waals surface area (Å²) >= 11 is 0. The lowest BCUT2D eigenvalue weighted by molar-refractivity contribution is -0.143. The van der Waals surface area contributed by atoms with E-state index in [0.29, 0.717) is 22.9 Å². The second-order valence-electron chi connectivity index (χ2n) is 22.8. The van der Waals surface area contributed by atoms with Crippen LogP contribution < -0.4 is 48.3 Å². The summed E-state index contributed by atoms with van der Waals surface area (Å²) in [5, 5.41) is 52.2. The Balaban J connectivity index is 2.02. The average Bonchev–Trinajstić information content (AvgIpc) is 3.83. The fourth-order valence-corrected chi connectivity index (χ4v) is 9.16. The van der Waals surface area contributed by atoms with Gasteiger partial charge in [0.2, 0.25) is 47.3 Å². The van der Waals surface area contributed by atoms with E-state index < -0.39 is 138 Å². The highest BCUT2D eigenvalue weighted by Crippen LogP contribution is 2.21. The van der Waals surface area contributed by atoms with Crippen LogP contribution in [0.3, 0.4) is 0 Å². The predicted octanol–water partition coefficient (Wildman–Crippen LogP) is 2.72. The number of aliphatic hydroxyl groups is 1. The van der Waals surface area contributed by atoms with Gasteiger partial charge < -0.3 is 68.6 Å². The molecule has 82 heavy (non-hydrogen) atoms. The Morgan fingerprint density at radius 2 is 0.915 bits per heavy atom. The minimum atomic E-state index is -1.66. The third kappa shape index (κ3) is 22.2. The van der Waals surface area contributed by atoms with Crippen LogP contribution in [0.1, 0.15) is 132 Å². The number of aromatic nitrogens is 1. The number of carbonyl (C=O) groups excluding carboxylic acids is 8. The third-order valence-electron chi connectivity index (χ3n) is 14.3.